The van der Waals surface area contributed by atoms with Crippen molar-refractivity contribution < 1.29 is 8.42 Å². The van der Waals surface area contributed by atoms with Crippen molar-refractivity contribution >= 4 is 49.7 Å². The Bertz CT molecular complexity index is 492. The Balaban J connectivity index is 0.00000162. The molecule has 0 aromatic carbocycles. The zero-order valence-electron chi connectivity index (χ0n) is 9.85. The van der Waals surface area contributed by atoms with Gasteiger partial charge in [0.05, 0.1) is 3.79 Å². The second kappa shape index (κ2) is 6.67. The third-order valence-corrected chi connectivity index (χ3v) is 6.39. The van der Waals surface area contributed by atoms with Gasteiger partial charge in [0, 0.05) is 12.1 Å². The van der Waals surface area contributed by atoms with Crippen LogP contribution in [0, 0.1) is 0 Å². The first-order valence-electron chi connectivity index (χ1n) is 5.48. The minimum absolute atomic E-state index is 0. The second-order valence-corrected chi connectivity index (χ2v) is 8.66. The van der Waals surface area contributed by atoms with E-state index in [0.717, 1.165) is 23.2 Å². The molecule has 0 radical (unpaired) electrons. The summed E-state index contributed by atoms with van der Waals surface area (Å²) in [6.07, 6.45) is 1.68. The van der Waals surface area contributed by atoms with Gasteiger partial charge in [0.1, 0.15) is 4.21 Å². The molecule has 0 saturated carbocycles. The number of thiophene rings is 1. The van der Waals surface area contributed by atoms with E-state index in [0.29, 0.717) is 10.3 Å². The van der Waals surface area contributed by atoms with Crippen molar-refractivity contribution in [2.45, 2.75) is 36.1 Å². The molecule has 1 aromatic heterocycles. The first-order valence-corrected chi connectivity index (χ1v) is 8.58. The highest BCUT2D eigenvalue weighted by Crippen LogP contribution is 2.26. The number of piperidine rings is 1. The summed E-state index contributed by atoms with van der Waals surface area (Å²) in [6, 6.07) is 3.79. The van der Waals surface area contributed by atoms with Gasteiger partial charge in [0.15, 0.2) is 0 Å². The Morgan fingerprint density at radius 2 is 2.22 bits per heavy atom. The molecule has 18 heavy (non-hydrogen) atoms. The van der Waals surface area contributed by atoms with Crippen molar-refractivity contribution in [1.29, 1.82) is 0 Å². The molecular formula is C10H16BrClN2O2S2. The number of rotatable bonds is 3. The van der Waals surface area contributed by atoms with Gasteiger partial charge in [-0.05, 0) is 54.4 Å². The van der Waals surface area contributed by atoms with E-state index in [9.17, 15) is 8.42 Å². The van der Waals surface area contributed by atoms with Gasteiger partial charge in [0.2, 0.25) is 10.0 Å². The predicted octanol–water partition coefficient (Wildman–Crippen LogP) is 2.35. The predicted molar refractivity (Wildman–Crippen MR) is 80.1 cm³/mol. The zero-order chi connectivity index (χ0) is 12.5. The molecule has 2 rings (SSSR count). The van der Waals surface area contributed by atoms with Crippen LogP contribution in [0.4, 0.5) is 0 Å². The number of hydrogen-bond acceptors (Lipinski definition) is 4. The number of hydrogen-bond donors (Lipinski definition) is 2. The molecule has 104 valence electrons. The number of halogens is 2. The lowest BCUT2D eigenvalue weighted by atomic mass is 10.0. The Morgan fingerprint density at radius 1 is 1.50 bits per heavy atom. The summed E-state index contributed by atoms with van der Waals surface area (Å²) in [6.45, 7) is 2.94. The Hall–Kier alpha value is 0.340. The van der Waals surface area contributed by atoms with Crippen molar-refractivity contribution in [3.05, 3.63) is 15.9 Å². The Kier molecular flexibility index (Phi) is 6.08. The molecule has 0 bridgehead atoms. The van der Waals surface area contributed by atoms with Gasteiger partial charge >= 0.3 is 0 Å². The molecular weight excluding hydrogens is 360 g/mol. The van der Waals surface area contributed by atoms with Crippen molar-refractivity contribution in [3.8, 4) is 0 Å². The quantitative estimate of drug-likeness (QED) is 0.852. The van der Waals surface area contributed by atoms with Crippen LogP contribution in [-0.4, -0.2) is 27.0 Å². The topological polar surface area (TPSA) is 58.2 Å². The van der Waals surface area contributed by atoms with Crippen LogP contribution in [0.2, 0.25) is 0 Å². The average Bonchev–Trinajstić information content (AvgIpc) is 2.65. The average molecular weight is 376 g/mol. The molecule has 2 unspecified atom stereocenters. The lowest BCUT2D eigenvalue weighted by Crippen LogP contribution is -2.46. The highest BCUT2D eigenvalue weighted by atomic mass is 79.9. The fourth-order valence-corrected chi connectivity index (χ4v) is 5.27. The van der Waals surface area contributed by atoms with Gasteiger partial charge in [-0.2, -0.15) is 0 Å². The standard InChI is InChI=1S/C10H15BrN2O2S2.ClH/c1-7-6-8(4-5-12-7)13-17(14,15)10-3-2-9(11)16-10;/h2-3,7-8,12-13H,4-6H2,1H3;1H. The Labute approximate surface area is 126 Å². The monoisotopic (exact) mass is 374 g/mol. The smallest absolute Gasteiger partial charge is 0.250 e. The first kappa shape index (κ1) is 16.4. The van der Waals surface area contributed by atoms with Gasteiger partial charge in [-0.1, -0.05) is 0 Å². The van der Waals surface area contributed by atoms with Crippen LogP contribution in [0.5, 0.6) is 0 Å². The highest BCUT2D eigenvalue weighted by molar-refractivity contribution is 9.11. The SMILES string of the molecule is CC1CC(NS(=O)(=O)c2ccc(Br)s2)CCN1.Cl. The van der Waals surface area contributed by atoms with Crippen LogP contribution >= 0.6 is 39.7 Å². The van der Waals surface area contributed by atoms with E-state index in [2.05, 4.69) is 32.9 Å². The third-order valence-electron chi connectivity index (χ3n) is 2.76. The maximum atomic E-state index is 12.1. The van der Waals surface area contributed by atoms with Gasteiger partial charge in [-0.15, -0.1) is 23.7 Å². The van der Waals surface area contributed by atoms with Gasteiger partial charge in [-0.3, -0.25) is 0 Å². The number of sulfonamides is 1. The van der Waals surface area contributed by atoms with E-state index >= 15 is 0 Å². The lowest BCUT2D eigenvalue weighted by molar-refractivity contribution is 0.361. The third kappa shape index (κ3) is 4.18. The second-order valence-electron chi connectivity index (χ2n) is 4.26. The minimum atomic E-state index is -3.35. The molecule has 4 nitrogen and oxygen atoms in total. The summed E-state index contributed by atoms with van der Waals surface area (Å²) in [5, 5.41) is 3.30. The van der Waals surface area contributed by atoms with Crippen LogP contribution in [0.3, 0.4) is 0 Å². The summed E-state index contributed by atoms with van der Waals surface area (Å²) in [5.41, 5.74) is 0. The van der Waals surface area contributed by atoms with Crippen LogP contribution in [0.25, 0.3) is 0 Å². The lowest BCUT2D eigenvalue weighted by Gasteiger charge is -2.28. The maximum absolute atomic E-state index is 12.1. The van der Waals surface area contributed by atoms with Crippen LogP contribution < -0.4 is 10.0 Å². The summed E-state index contributed by atoms with van der Waals surface area (Å²) >= 11 is 4.51. The van der Waals surface area contributed by atoms with E-state index in [1.165, 1.54) is 11.3 Å². The first-order chi connectivity index (χ1) is 7.97. The van der Waals surface area contributed by atoms with Gasteiger partial charge in [0.25, 0.3) is 0 Å². The fraction of sp³-hybridized carbons (Fsp3) is 0.600. The molecule has 1 fully saturated rings. The van der Waals surface area contributed by atoms with E-state index in [1.807, 2.05) is 0 Å². The molecule has 8 heteroatoms. The highest BCUT2D eigenvalue weighted by Gasteiger charge is 2.25. The molecule has 1 aliphatic heterocycles. The van der Waals surface area contributed by atoms with E-state index in [1.54, 1.807) is 12.1 Å². The summed E-state index contributed by atoms with van der Waals surface area (Å²) in [5.74, 6) is 0. The normalized spacial score (nSPS) is 24.6. The zero-order valence-corrected chi connectivity index (χ0v) is 13.9. The maximum Gasteiger partial charge on any atom is 0.250 e. The van der Waals surface area contributed by atoms with Crippen LogP contribution in [0.1, 0.15) is 19.8 Å². The molecule has 2 atom stereocenters. The molecule has 2 heterocycles. The van der Waals surface area contributed by atoms with Crippen LogP contribution in [-0.2, 0) is 10.0 Å². The van der Waals surface area contributed by atoms with Crippen molar-refractivity contribution in [2.75, 3.05) is 6.54 Å². The summed E-state index contributed by atoms with van der Waals surface area (Å²) in [4.78, 5) is 0. The molecule has 1 aliphatic rings. The molecule has 0 spiro atoms. The van der Waals surface area contributed by atoms with Crippen molar-refractivity contribution in [1.82, 2.24) is 10.0 Å². The molecule has 0 aliphatic carbocycles. The van der Waals surface area contributed by atoms with Gasteiger partial charge in [-0.25, -0.2) is 13.1 Å². The van der Waals surface area contributed by atoms with E-state index < -0.39 is 10.0 Å². The molecule has 0 amide bonds. The number of nitrogens with one attached hydrogen (secondary N) is 2. The largest absolute Gasteiger partial charge is 0.314 e. The van der Waals surface area contributed by atoms with E-state index in [4.69, 9.17) is 0 Å². The molecule has 1 aromatic rings. The summed E-state index contributed by atoms with van der Waals surface area (Å²) < 4.78 is 28.1. The van der Waals surface area contributed by atoms with Gasteiger partial charge < -0.3 is 5.32 Å². The van der Waals surface area contributed by atoms with Crippen molar-refractivity contribution in [3.63, 3.8) is 0 Å². The van der Waals surface area contributed by atoms with E-state index in [-0.39, 0.29) is 18.4 Å². The molecule has 1 saturated heterocycles. The van der Waals surface area contributed by atoms with Crippen LogP contribution in [0.15, 0.2) is 20.1 Å². The van der Waals surface area contributed by atoms with Crippen molar-refractivity contribution in [2.24, 2.45) is 0 Å². The fourth-order valence-electron chi connectivity index (χ4n) is 1.96. The minimum Gasteiger partial charge on any atom is -0.314 e. The Morgan fingerprint density at radius 3 is 2.78 bits per heavy atom. The molecule has 2 N–H and O–H groups in total. The summed E-state index contributed by atoms with van der Waals surface area (Å²) in [7, 11) is -3.35.